The molecule has 0 radical (unpaired) electrons. The van der Waals surface area contributed by atoms with E-state index < -0.39 is 36.1 Å². The van der Waals surface area contributed by atoms with Gasteiger partial charge in [0.15, 0.2) is 0 Å². The molecule has 4 rings (SSSR count). The Hall–Kier alpha value is -4.01. The van der Waals surface area contributed by atoms with Gasteiger partial charge in [0.1, 0.15) is 29.9 Å². The Bertz CT molecular complexity index is 1320. The molecule has 0 saturated heterocycles. The Labute approximate surface area is 197 Å². The van der Waals surface area contributed by atoms with E-state index in [1.807, 2.05) is 5.32 Å². The van der Waals surface area contributed by atoms with Crippen LogP contribution in [0.25, 0.3) is 22.6 Å². The number of anilines is 1. The Morgan fingerprint density at radius 1 is 1.00 bits per heavy atom. The molecule has 4 aromatic rings. The third-order valence-corrected chi connectivity index (χ3v) is 5.20. The van der Waals surface area contributed by atoms with Gasteiger partial charge in [-0.15, -0.1) is 0 Å². The molecule has 15 heteroatoms. The van der Waals surface area contributed by atoms with Crippen LogP contribution in [0.1, 0.15) is 5.56 Å². The lowest BCUT2D eigenvalue weighted by Gasteiger charge is -2.32. The summed E-state index contributed by atoms with van der Waals surface area (Å²) in [5, 5.41) is 19.5. The number of alkyl halides is 6. The van der Waals surface area contributed by atoms with Crippen LogP contribution in [-0.4, -0.2) is 54.5 Å². The fourth-order valence-corrected chi connectivity index (χ4v) is 3.24. The van der Waals surface area contributed by atoms with Crippen molar-refractivity contribution >= 4 is 5.82 Å². The van der Waals surface area contributed by atoms with Crippen molar-refractivity contribution in [2.45, 2.75) is 24.5 Å². The number of benzene rings is 1. The minimum Gasteiger partial charge on any atom is -0.372 e. The van der Waals surface area contributed by atoms with E-state index in [2.05, 4.69) is 20.2 Å². The minimum atomic E-state index is -6.02. The van der Waals surface area contributed by atoms with Crippen molar-refractivity contribution in [3.8, 4) is 22.6 Å². The number of nitrogens with one attached hydrogen (secondary N) is 1. The summed E-state index contributed by atoms with van der Waals surface area (Å²) in [6, 6.07) is 8.73. The fraction of sp³-hybridized carbons (Fsp3) is 0.238. The molecule has 0 aliphatic rings. The van der Waals surface area contributed by atoms with Crippen LogP contribution in [0.4, 0.5) is 36.6 Å². The van der Waals surface area contributed by atoms with Crippen molar-refractivity contribution in [3.05, 3.63) is 66.6 Å². The zero-order valence-corrected chi connectivity index (χ0v) is 17.8. The molecule has 0 spiro atoms. The number of nitrogens with zero attached hydrogens (tertiary/aromatic N) is 5. The number of hydrogen-bond acceptors (Lipinski definition) is 7. The zero-order valence-electron chi connectivity index (χ0n) is 17.8. The highest BCUT2D eigenvalue weighted by Gasteiger charge is 2.70. The van der Waals surface area contributed by atoms with E-state index in [0.717, 1.165) is 12.5 Å². The van der Waals surface area contributed by atoms with Crippen molar-refractivity contribution in [3.63, 3.8) is 0 Å². The lowest BCUT2D eigenvalue weighted by molar-refractivity contribution is -0.362. The first kappa shape index (κ1) is 25.1. The van der Waals surface area contributed by atoms with E-state index in [0.29, 0.717) is 5.69 Å². The van der Waals surface area contributed by atoms with Crippen molar-refractivity contribution in [2.75, 3.05) is 11.9 Å². The molecule has 3 aromatic heterocycles. The summed E-state index contributed by atoms with van der Waals surface area (Å²) in [6.07, 6.45) is -8.78. The Morgan fingerprint density at radius 2 is 1.72 bits per heavy atom. The average Bonchev–Trinajstić information content (AvgIpc) is 3.48. The van der Waals surface area contributed by atoms with Crippen LogP contribution in [0.2, 0.25) is 0 Å². The second-order valence-electron chi connectivity index (χ2n) is 7.54. The summed E-state index contributed by atoms with van der Waals surface area (Å²) in [5.41, 5.74) is -4.27. The van der Waals surface area contributed by atoms with Gasteiger partial charge in [-0.05, 0) is 12.1 Å². The third-order valence-electron chi connectivity index (χ3n) is 5.20. The zero-order chi connectivity index (χ0) is 26.1. The maximum atomic E-state index is 14.2. The van der Waals surface area contributed by atoms with Crippen LogP contribution in [0.15, 0.2) is 59.7 Å². The first-order chi connectivity index (χ1) is 16.9. The molecule has 0 amide bonds. The minimum absolute atomic E-state index is 0.0231. The van der Waals surface area contributed by atoms with Gasteiger partial charge in [-0.25, -0.2) is 14.4 Å². The third kappa shape index (κ3) is 4.73. The van der Waals surface area contributed by atoms with Crippen molar-refractivity contribution in [2.24, 2.45) is 0 Å². The lowest BCUT2D eigenvalue weighted by Crippen LogP contribution is -2.61. The number of aromatic nitrogens is 5. The Balaban J connectivity index is 1.72. The molecule has 0 fully saturated rings. The standard InChI is InChI=1S/C21H15F7N6O2/c22-14-4-2-1-3-12(14)9-34-17(15-5-6-36-33-15)7-16(32-34)13-8-29-11-31-18(13)30-10-19(35,20(23,24)25)21(26,27)28/h1-8,11,35H,9-10H2,(H,29,30,31). The van der Waals surface area contributed by atoms with Crippen LogP contribution in [-0.2, 0) is 6.54 Å². The van der Waals surface area contributed by atoms with Gasteiger partial charge in [-0.3, -0.25) is 4.68 Å². The summed E-state index contributed by atoms with van der Waals surface area (Å²) in [4.78, 5) is 7.47. The van der Waals surface area contributed by atoms with E-state index >= 15 is 0 Å². The van der Waals surface area contributed by atoms with E-state index in [1.54, 1.807) is 6.07 Å². The number of hydrogen-bond donors (Lipinski definition) is 2. The fourth-order valence-electron chi connectivity index (χ4n) is 3.24. The molecule has 0 aliphatic heterocycles. The Kier molecular flexibility index (Phi) is 6.43. The normalized spacial score (nSPS) is 12.7. The predicted molar refractivity (Wildman–Crippen MR) is 110 cm³/mol. The monoisotopic (exact) mass is 516 g/mol. The van der Waals surface area contributed by atoms with Gasteiger partial charge in [-0.1, -0.05) is 23.4 Å². The van der Waals surface area contributed by atoms with Crippen LogP contribution in [0.3, 0.4) is 0 Å². The second-order valence-corrected chi connectivity index (χ2v) is 7.54. The number of halogens is 7. The molecular formula is C21H15F7N6O2. The summed E-state index contributed by atoms with van der Waals surface area (Å²) >= 11 is 0. The molecule has 3 heterocycles. The highest BCUT2D eigenvalue weighted by molar-refractivity contribution is 5.74. The molecule has 0 saturated carbocycles. The molecule has 0 unspecified atom stereocenters. The van der Waals surface area contributed by atoms with Gasteiger partial charge in [0.2, 0.25) is 0 Å². The van der Waals surface area contributed by atoms with Crippen LogP contribution in [0.5, 0.6) is 0 Å². The van der Waals surface area contributed by atoms with Gasteiger partial charge in [0.05, 0.1) is 30.0 Å². The maximum Gasteiger partial charge on any atom is 0.428 e. The number of rotatable bonds is 7. The van der Waals surface area contributed by atoms with E-state index in [9.17, 15) is 35.8 Å². The molecule has 0 aliphatic carbocycles. The molecule has 8 nitrogen and oxygen atoms in total. The topological polar surface area (TPSA) is 102 Å². The maximum absolute atomic E-state index is 14.2. The van der Waals surface area contributed by atoms with Crippen molar-refractivity contribution in [1.82, 2.24) is 24.9 Å². The van der Waals surface area contributed by atoms with Crippen LogP contribution >= 0.6 is 0 Å². The second kappa shape index (κ2) is 9.22. The molecule has 2 N–H and O–H groups in total. The highest BCUT2D eigenvalue weighted by Crippen LogP contribution is 2.43. The summed E-state index contributed by atoms with van der Waals surface area (Å²) in [7, 11) is 0. The molecule has 190 valence electrons. The lowest BCUT2D eigenvalue weighted by atomic mass is 10.0. The van der Waals surface area contributed by atoms with E-state index in [4.69, 9.17) is 4.52 Å². The smallest absolute Gasteiger partial charge is 0.372 e. The molecule has 0 atom stereocenters. The summed E-state index contributed by atoms with van der Waals surface area (Å²) in [6.45, 7) is -2.07. The molecule has 36 heavy (non-hydrogen) atoms. The molecular weight excluding hydrogens is 501 g/mol. The predicted octanol–water partition coefficient (Wildman–Crippen LogP) is 4.45. The molecule has 0 bridgehead atoms. The van der Waals surface area contributed by atoms with Gasteiger partial charge in [0.25, 0.3) is 5.60 Å². The van der Waals surface area contributed by atoms with Gasteiger partial charge >= 0.3 is 12.4 Å². The van der Waals surface area contributed by atoms with Gasteiger partial charge < -0.3 is 14.9 Å². The largest absolute Gasteiger partial charge is 0.428 e. The highest BCUT2D eigenvalue weighted by atomic mass is 19.4. The first-order valence-corrected chi connectivity index (χ1v) is 10.0. The number of aliphatic hydroxyl groups is 1. The summed E-state index contributed by atoms with van der Waals surface area (Å²) in [5.74, 6) is -0.983. The molecule has 1 aromatic carbocycles. The van der Waals surface area contributed by atoms with Crippen LogP contribution in [0, 0.1) is 5.82 Å². The van der Waals surface area contributed by atoms with Crippen molar-refractivity contribution in [1.29, 1.82) is 0 Å². The van der Waals surface area contributed by atoms with Crippen LogP contribution < -0.4 is 5.32 Å². The van der Waals surface area contributed by atoms with E-state index in [1.165, 1.54) is 41.3 Å². The van der Waals surface area contributed by atoms with E-state index in [-0.39, 0.29) is 29.1 Å². The quantitative estimate of drug-likeness (QED) is 0.350. The van der Waals surface area contributed by atoms with Crippen molar-refractivity contribution < 1.29 is 40.4 Å². The average molecular weight is 516 g/mol. The Morgan fingerprint density at radius 3 is 2.36 bits per heavy atom. The SMILES string of the molecule is OC(CNc1ncncc1-c1cc(-c2ccon2)n(Cc2ccccc2F)n1)(C(F)(F)F)C(F)(F)F. The van der Waals surface area contributed by atoms with Gasteiger partial charge in [-0.2, -0.15) is 31.4 Å². The van der Waals surface area contributed by atoms with Gasteiger partial charge in [0, 0.05) is 17.8 Å². The summed E-state index contributed by atoms with van der Waals surface area (Å²) < 4.78 is 98.8. The first-order valence-electron chi connectivity index (χ1n) is 10.0.